The minimum Gasteiger partial charge on any atom is -0.263 e. The number of aryl methyl sites for hydroxylation is 1. The molecule has 0 radical (unpaired) electrons. The number of pyridine rings is 2. The van der Waals surface area contributed by atoms with Crippen molar-refractivity contribution in [3.63, 3.8) is 0 Å². The maximum atomic E-state index is 12.7. The number of hydrogen-bond acceptors (Lipinski definition) is 4. The molecule has 1 saturated heterocycles. The normalized spacial score (nSPS) is 19.6. The lowest BCUT2D eigenvalue weighted by Crippen LogP contribution is -2.40. The van der Waals surface area contributed by atoms with Crippen LogP contribution in [0.1, 0.15) is 24.1 Å². The molecule has 5 nitrogen and oxygen atoms in total. The zero-order chi connectivity index (χ0) is 16.3. The van der Waals surface area contributed by atoms with Crippen molar-refractivity contribution in [2.24, 2.45) is 5.92 Å². The average molecular weight is 331 g/mol. The molecule has 0 amide bonds. The van der Waals surface area contributed by atoms with Crippen molar-refractivity contribution in [2.45, 2.75) is 31.1 Å². The molecule has 1 aliphatic rings. The van der Waals surface area contributed by atoms with Gasteiger partial charge in [-0.05, 0) is 55.9 Å². The third-order valence-electron chi connectivity index (χ3n) is 4.25. The van der Waals surface area contributed by atoms with E-state index in [1.807, 2.05) is 19.2 Å². The molecule has 0 spiro atoms. The predicted octanol–water partition coefficient (Wildman–Crippen LogP) is 2.43. The molecule has 2 aromatic heterocycles. The highest BCUT2D eigenvalue weighted by Gasteiger charge is 2.30. The van der Waals surface area contributed by atoms with Gasteiger partial charge < -0.3 is 0 Å². The molecule has 6 heteroatoms. The van der Waals surface area contributed by atoms with Gasteiger partial charge in [0.05, 0.1) is 0 Å². The van der Waals surface area contributed by atoms with Crippen LogP contribution in [0, 0.1) is 12.8 Å². The van der Waals surface area contributed by atoms with Crippen LogP contribution in [0.3, 0.4) is 0 Å². The van der Waals surface area contributed by atoms with Crippen LogP contribution in [0.4, 0.5) is 0 Å². The number of sulfonamides is 1. The molecule has 0 N–H and O–H groups in total. The van der Waals surface area contributed by atoms with Gasteiger partial charge in [0, 0.05) is 37.4 Å². The van der Waals surface area contributed by atoms with E-state index in [9.17, 15) is 8.42 Å². The second-order valence-corrected chi connectivity index (χ2v) is 8.01. The summed E-state index contributed by atoms with van der Waals surface area (Å²) in [4.78, 5) is 8.52. The highest BCUT2D eigenvalue weighted by Crippen LogP contribution is 2.25. The van der Waals surface area contributed by atoms with E-state index in [0.717, 1.165) is 25.0 Å². The minimum atomic E-state index is -3.44. The van der Waals surface area contributed by atoms with E-state index in [1.54, 1.807) is 22.6 Å². The Kier molecular flexibility index (Phi) is 4.73. The third-order valence-corrected chi connectivity index (χ3v) is 6.10. The summed E-state index contributed by atoms with van der Waals surface area (Å²) in [6, 6.07) is 7.35. The lowest BCUT2D eigenvalue weighted by molar-refractivity contribution is 0.265. The highest BCUT2D eigenvalue weighted by atomic mass is 32.2. The Balaban J connectivity index is 1.72. The van der Waals surface area contributed by atoms with Crippen LogP contribution in [0.15, 0.2) is 47.8 Å². The summed E-state index contributed by atoms with van der Waals surface area (Å²) in [5, 5.41) is 0. The second kappa shape index (κ2) is 6.76. The molecule has 3 rings (SSSR count). The molecule has 0 unspecified atom stereocenters. The summed E-state index contributed by atoms with van der Waals surface area (Å²) in [5.41, 5.74) is 2.17. The second-order valence-electron chi connectivity index (χ2n) is 6.07. The number of piperidine rings is 1. The first-order chi connectivity index (χ1) is 11.1. The van der Waals surface area contributed by atoms with Crippen LogP contribution >= 0.6 is 0 Å². The van der Waals surface area contributed by atoms with E-state index < -0.39 is 10.0 Å². The topological polar surface area (TPSA) is 63.2 Å². The van der Waals surface area contributed by atoms with Crippen LogP contribution in [0.25, 0.3) is 0 Å². The average Bonchev–Trinajstić information content (AvgIpc) is 2.58. The summed E-state index contributed by atoms with van der Waals surface area (Å²) in [6.45, 7) is 3.11. The maximum absolute atomic E-state index is 12.7. The summed E-state index contributed by atoms with van der Waals surface area (Å²) in [5.74, 6) is 0.333. The fourth-order valence-electron chi connectivity index (χ4n) is 3.01. The van der Waals surface area contributed by atoms with E-state index in [2.05, 4.69) is 16.0 Å². The molecule has 1 aliphatic heterocycles. The van der Waals surface area contributed by atoms with E-state index in [-0.39, 0.29) is 4.90 Å². The summed E-state index contributed by atoms with van der Waals surface area (Å²) < 4.78 is 27.0. The standard InChI is InChI=1S/C17H21N3O2S/c1-14-6-7-15(11-19-14)10-16-4-3-9-20(13-16)23(21,22)17-5-2-8-18-12-17/h2,5-8,11-12,16H,3-4,9-10,13H2,1H3/t16-/m0/s1. The first-order valence-corrected chi connectivity index (χ1v) is 9.31. The smallest absolute Gasteiger partial charge is 0.244 e. The van der Waals surface area contributed by atoms with Crippen LogP contribution in [-0.4, -0.2) is 35.8 Å². The van der Waals surface area contributed by atoms with Crippen LogP contribution in [0.2, 0.25) is 0 Å². The SMILES string of the molecule is Cc1ccc(C[C@@H]2CCCN(S(=O)(=O)c3cccnc3)C2)cn1. The molecule has 3 heterocycles. The van der Waals surface area contributed by atoms with Gasteiger partial charge in [-0.2, -0.15) is 4.31 Å². The lowest BCUT2D eigenvalue weighted by Gasteiger charge is -2.31. The molecule has 0 aliphatic carbocycles. The number of nitrogens with zero attached hydrogens (tertiary/aromatic N) is 3. The van der Waals surface area contributed by atoms with Crippen LogP contribution in [0.5, 0.6) is 0 Å². The summed E-state index contributed by atoms with van der Waals surface area (Å²) in [6.07, 6.45) is 7.71. The largest absolute Gasteiger partial charge is 0.263 e. The Morgan fingerprint density at radius 2 is 2.13 bits per heavy atom. The molecule has 2 aromatic rings. The zero-order valence-corrected chi connectivity index (χ0v) is 14.0. The molecular weight excluding hydrogens is 310 g/mol. The van der Waals surface area contributed by atoms with Gasteiger partial charge in [0.2, 0.25) is 10.0 Å². The van der Waals surface area contributed by atoms with Crippen molar-refractivity contribution < 1.29 is 8.42 Å². The fourth-order valence-corrected chi connectivity index (χ4v) is 4.53. The van der Waals surface area contributed by atoms with Gasteiger partial charge >= 0.3 is 0 Å². The van der Waals surface area contributed by atoms with Gasteiger partial charge in [-0.15, -0.1) is 0 Å². The van der Waals surface area contributed by atoms with E-state index in [0.29, 0.717) is 19.0 Å². The van der Waals surface area contributed by atoms with Crippen molar-refractivity contribution >= 4 is 10.0 Å². The van der Waals surface area contributed by atoms with Gasteiger partial charge in [-0.3, -0.25) is 9.97 Å². The zero-order valence-electron chi connectivity index (χ0n) is 13.2. The molecule has 0 aromatic carbocycles. The maximum Gasteiger partial charge on any atom is 0.244 e. The molecule has 23 heavy (non-hydrogen) atoms. The fraction of sp³-hybridized carbons (Fsp3) is 0.412. The monoisotopic (exact) mass is 331 g/mol. The van der Waals surface area contributed by atoms with Gasteiger partial charge in [-0.25, -0.2) is 8.42 Å². The van der Waals surface area contributed by atoms with E-state index in [1.165, 1.54) is 11.8 Å². The van der Waals surface area contributed by atoms with Crippen LogP contribution in [-0.2, 0) is 16.4 Å². The van der Waals surface area contributed by atoms with Crippen molar-refractivity contribution in [3.8, 4) is 0 Å². The summed E-state index contributed by atoms with van der Waals surface area (Å²) in [7, 11) is -3.44. The predicted molar refractivity (Wildman–Crippen MR) is 88.4 cm³/mol. The summed E-state index contributed by atoms with van der Waals surface area (Å²) >= 11 is 0. The van der Waals surface area contributed by atoms with Crippen molar-refractivity contribution in [1.82, 2.24) is 14.3 Å². The van der Waals surface area contributed by atoms with E-state index >= 15 is 0 Å². The Bertz CT molecular complexity index is 745. The Labute approximate surface area is 137 Å². The number of hydrogen-bond donors (Lipinski definition) is 0. The first kappa shape index (κ1) is 16.1. The Morgan fingerprint density at radius 1 is 1.26 bits per heavy atom. The molecule has 0 bridgehead atoms. The molecule has 0 saturated carbocycles. The lowest BCUT2D eigenvalue weighted by atomic mass is 9.93. The Hall–Kier alpha value is -1.79. The molecular formula is C17H21N3O2S. The van der Waals surface area contributed by atoms with Crippen molar-refractivity contribution in [1.29, 1.82) is 0 Å². The van der Waals surface area contributed by atoms with Crippen molar-refractivity contribution in [2.75, 3.05) is 13.1 Å². The van der Waals surface area contributed by atoms with Gasteiger partial charge in [0.1, 0.15) is 4.90 Å². The molecule has 1 fully saturated rings. The van der Waals surface area contributed by atoms with Gasteiger partial charge in [0.15, 0.2) is 0 Å². The highest BCUT2D eigenvalue weighted by molar-refractivity contribution is 7.89. The van der Waals surface area contributed by atoms with Gasteiger partial charge in [-0.1, -0.05) is 6.07 Å². The first-order valence-electron chi connectivity index (χ1n) is 7.87. The van der Waals surface area contributed by atoms with Gasteiger partial charge in [0.25, 0.3) is 0 Å². The van der Waals surface area contributed by atoms with E-state index in [4.69, 9.17) is 0 Å². The van der Waals surface area contributed by atoms with Crippen molar-refractivity contribution in [3.05, 3.63) is 54.1 Å². The molecule has 122 valence electrons. The number of rotatable bonds is 4. The quantitative estimate of drug-likeness (QED) is 0.863. The Morgan fingerprint density at radius 3 is 2.83 bits per heavy atom. The minimum absolute atomic E-state index is 0.276. The van der Waals surface area contributed by atoms with Crippen LogP contribution < -0.4 is 0 Å². The molecule has 1 atom stereocenters. The third kappa shape index (κ3) is 3.76. The number of aromatic nitrogens is 2.